The molecular formula is C36H41N5O12. The van der Waals surface area contributed by atoms with E-state index >= 15 is 0 Å². The number of amides is 4. The van der Waals surface area contributed by atoms with Gasteiger partial charge in [-0.1, -0.05) is 39.8 Å². The Kier molecular flexibility index (Phi) is 11.3. The fraction of sp³-hybridized carbons (Fsp3) is 0.389. The first kappa shape index (κ1) is 39.5. The summed E-state index contributed by atoms with van der Waals surface area (Å²) in [5.41, 5.74) is 9.39. The summed E-state index contributed by atoms with van der Waals surface area (Å²) in [7, 11) is 0. The molecule has 0 radical (unpaired) electrons. The van der Waals surface area contributed by atoms with Crippen molar-refractivity contribution >= 4 is 58.6 Å². The molecule has 0 aromatic heterocycles. The molecule has 4 N–H and O–H groups in total. The number of carbonyl (C=O) groups is 7. The highest BCUT2D eigenvalue weighted by molar-refractivity contribution is 6.63. The van der Waals surface area contributed by atoms with Crippen molar-refractivity contribution in [1.82, 2.24) is 9.80 Å². The second-order valence-corrected chi connectivity index (χ2v) is 13.9. The molecule has 2 aromatic rings. The molecule has 0 unspecified atom stereocenters. The van der Waals surface area contributed by atoms with Crippen molar-refractivity contribution in [1.29, 1.82) is 0 Å². The third-order valence-electron chi connectivity index (χ3n) is 7.42. The van der Waals surface area contributed by atoms with E-state index in [1.54, 1.807) is 30.3 Å². The van der Waals surface area contributed by atoms with Gasteiger partial charge in [-0.15, -0.1) is 0 Å². The van der Waals surface area contributed by atoms with E-state index in [9.17, 15) is 33.6 Å². The Bertz CT molecular complexity index is 1920. The maximum Gasteiger partial charge on any atom is 0.369 e. The number of nitrogen functional groups attached to an aromatic ring is 1. The van der Waals surface area contributed by atoms with Crippen LogP contribution < -0.4 is 11.2 Å². The van der Waals surface area contributed by atoms with Gasteiger partial charge in [0, 0.05) is 46.5 Å². The van der Waals surface area contributed by atoms with Crippen LogP contribution in [0.3, 0.4) is 0 Å². The first-order chi connectivity index (χ1) is 24.6. The van der Waals surface area contributed by atoms with Crippen molar-refractivity contribution in [2.75, 3.05) is 24.2 Å². The number of nitrogens with one attached hydrogen (secondary N) is 1. The van der Waals surface area contributed by atoms with Gasteiger partial charge in [0.2, 0.25) is 0 Å². The summed E-state index contributed by atoms with van der Waals surface area (Å²) in [4.78, 5) is 85.9. The Morgan fingerprint density at radius 3 is 1.64 bits per heavy atom. The lowest BCUT2D eigenvalue weighted by Crippen LogP contribution is -2.47. The summed E-state index contributed by atoms with van der Waals surface area (Å²) < 4.78 is 19.3. The average Bonchev–Trinajstić information content (AvgIpc) is 3.40. The predicted octanol–water partition coefficient (Wildman–Crippen LogP) is 3.76. The molecule has 0 bridgehead atoms. The molecule has 1 fully saturated rings. The minimum atomic E-state index is -1.37. The van der Waals surface area contributed by atoms with E-state index in [0.717, 1.165) is 6.08 Å². The summed E-state index contributed by atoms with van der Waals surface area (Å²) >= 11 is 0. The van der Waals surface area contributed by atoms with Crippen LogP contribution in [0.5, 0.6) is 0 Å². The monoisotopic (exact) mass is 735 g/mol. The number of nitrogens with two attached hydrogens (primary N) is 1. The lowest BCUT2D eigenvalue weighted by Gasteiger charge is -2.28. The van der Waals surface area contributed by atoms with Crippen LogP contribution in [0.25, 0.3) is 0 Å². The number of cyclic esters (lactones) is 3. The highest BCUT2D eigenvalue weighted by Crippen LogP contribution is 2.31. The van der Waals surface area contributed by atoms with Gasteiger partial charge in [-0.3, -0.25) is 34.4 Å². The number of anilines is 2. The van der Waals surface area contributed by atoms with E-state index in [1.807, 2.05) is 27.7 Å². The Morgan fingerprint density at radius 1 is 0.698 bits per heavy atom. The minimum absolute atomic E-state index is 0.110. The number of benzene rings is 2. The molecule has 4 heterocycles. The number of aliphatic hydroxyl groups excluding tert-OH is 1. The zero-order chi connectivity index (χ0) is 39.6. The van der Waals surface area contributed by atoms with E-state index in [4.69, 9.17) is 25.1 Å². The van der Waals surface area contributed by atoms with Crippen LogP contribution >= 0.6 is 0 Å². The molecule has 0 spiro atoms. The molecular weight excluding hydrogens is 694 g/mol. The number of esters is 3. The second kappa shape index (κ2) is 15.1. The van der Waals surface area contributed by atoms with Crippen LogP contribution in [0, 0.1) is 11.8 Å². The SMILES string of the molecule is CC(C)CN1C(=O)c2cccc(N)c2C1=O.CC(C)CN1C(=O)c2cccc(NN=C3C(=O)OC(C)(C)OC3=O)c2C1=O.CC1(C)OC(=O)C=C(O)O1. The Labute approximate surface area is 304 Å². The topological polar surface area (TPSA) is 234 Å². The molecule has 4 aliphatic heterocycles. The summed E-state index contributed by atoms with van der Waals surface area (Å²) in [6, 6.07) is 9.62. The fourth-order valence-electron chi connectivity index (χ4n) is 5.38. The van der Waals surface area contributed by atoms with Crippen molar-refractivity contribution in [3.05, 3.63) is 70.7 Å². The van der Waals surface area contributed by atoms with Crippen LogP contribution in [0.4, 0.5) is 11.4 Å². The fourth-order valence-corrected chi connectivity index (χ4v) is 5.38. The number of ether oxygens (including phenoxy) is 4. The number of nitrogens with zero attached hydrogens (tertiary/aromatic N) is 3. The molecule has 4 amide bonds. The average molecular weight is 736 g/mol. The quantitative estimate of drug-likeness (QED) is 0.166. The van der Waals surface area contributed by atoms with Crippen molar-refractivity contribution in [2.24, 2.45) is 16.9 Å². The summed E-state index contributed by atoms with van der Waals surface area (Å²) in [5, 5.41) is 12.5. The van der Waals surface area contributed by atoms with Gasteiger partial charge in [0.15, 0.2) is 0 Å². The molecule has 0 aliphatic carbocycles. The van der Waals surface area contributed by atoms with Crippen LogP contribution in [-0.4, -0.2) is 86.8 Å². The van der Waals surface area contributed by atoms with Gasteiger partial charge in [0.1, 0.15) is 6.08 Å². The largest absolute Gasteiger partial charge is 0.481 e. The number of fused-ring (bicyclic) bond motifs is 2. The lowest BCUT2D eigenvalue weighted by atomic mass is 10.1. The third-order valence-corrected chi connectivity index (χ3v) is 7.42. The Hall–Kier alpha value is -6.26. The summed E-state index contributed by atoms with van der Waals surface area (Å²) in [5.74, 6) is -6.29. The first-order valence-corrected chi connectivity index (χ1v) is 16.5. The van der Waals surface area contributed by atoms with Gasteiger partial charge < -0.3 is 29.8 Å². The number of hydrazone groups is 1. The van der Waals surface area contributed by atoms with Gasteiger partial charge in [-0.25, -0.2) is 14.4 Å². The van der Waals surface area contributed by atoms with E-state index in [0.29, 0.717) is 23.4 Å². The van der Waals surface area contributed by atoms with E-state index in [-0.39, 0.29) is 47.0 Å². The molecule has 1 saturated heterocycles. The molecule has 4 aliphatic rings. The smallest absolute Gasteiger partial charge is 0.369 e. The van der Waals surface area contributed by atoms with Crippen molar-refractivity contribution in [3.63, 3.8) is 0 Å². The van der Waals surface area contributed by atoms with Gasteiger partial charge in [0.05, 0.1) is 27.9 Å². The maximum atomic E-state index is 12.7. The van der Waals surface area contributed by atoms with Crippen LogP contribution in [0.1, 0.15) is 96.8 Å². The number of imide groups is 2. The lowest BCUT2D eigenvalue weighted by molar-refractivity contribution is -0.219. The maximum absolute atomic E-state index is 12.7. The number of carbonyl (C=O) groups excluding carboxylic acids is 7. The molecule has 17 heteroatoms. The molecule has 0 saturated carbocycles. The predicted molar refractivity (Wildman–Crippen MR) is 187 cm³/mol. The molecule has 2 aromatic carbocycles. The van der Waals surface area contributed by atoms with Crippen LogP contribution in [0.2, 0.25) is 0 Å². The first-order valence-electron chi connectivity index (χ1n) is 16.5. The van der Waals surface area contributed by atoms with Crippen molar-refractivity contribution in [2.45, 2.75) is 67.0 Å². The summed E-state index contributed by atoms with van der Waals surface area (Å²) in [6.07, 6.45) is 0.880. The number of rotatable bonds is 6. The molecule has 282 valence electrons. The molecule has 53 heavy (non-hydrogen) atoms. The number of hydrogen-bond acceptors (Lipinski definition) is 15. The van der Waals surface area contributed by atoms with E-state index < -0.39 is 53.0 Å². The van der Waals surface area contributed by atoms with Gasteiger partial charge in [-0.2, -0.15) is 5.10 Å². The van der Waals surface area contributed by atoms with Crippen molar-refractivity contribution < 1.29 is 57.6 Å². The van der Waals surface area contributed by atoms with E-state index in [2.05, 4.69) is 15.3 Å². The highest BCUT2D eigenvalue weighted by atomic mass is 16.8. The molecule has 17 nitrogen and oxygen atoms in total. The van der Waals surface area contributed by atoms with Crippen LogP contribution in [-0.2, 0) is 33.3 Å². The highest BCUT2D eigenvalue weighted by Gasteiger charge is 2.42. The molecule has 6 rings (SSSR count). The minimum Gasteiger partial charge on any atom is -0.481 e. The Morgan fingerprint density at radius 2 is 1.17 bits per heavy atom. The normalized spacial score (nSPS) is 18.1. The van der Waals surface area contributed by atoms with Gasteiger partial charge in [0.25, 0.3) is 46.9 Å². The summed E-state index contributed by atoms with van der Waals surface area (Å²) in [6.45, 7) is 14.4. The zero-order valence-electron chi connectivity index (χ0n) is 30.5. The zero-order valence-corrected chi connectivity index (χ0v) is 30.5. The second-order valence-electron chi connectivity index (χ2n) is 13.9. The van der Waals surface area contributed by atoms with Gasteiger partial charge in [-0.05, 0) is 36.1 Å². The Balaban J connectivity index is 0.000000202. The number of aliphatic hydroxyl groups is 1. The standard InChI is InChI=1S/C18H19N3O6.C12H14N2O2.C6H8O4/c1-9(2)8-21-14(22)10-6-5-7-11(12(10)15(21)23)19-20-13-16(24)26-18(3,4)27-17(13)25;1-7(2)6-14-11(15)8-4-3-5-9(13)10(8)12(14)16;1-6(2)9-4(7)3-5(8)10-6/h5-7,9,19H,8H2,1-4H3;3-5,7H,6,13H2,1-2H3;3,7H,1-2H3. The van der Waals surface area contributed by atoms with Gasteiger partial charge >= 0.3 is 17.9 Å². The van der Waals surface area contributed by atoms with Crippen LogP contribution in [0.15, 0.2) is 53.5 Å². The molecule has 0 atom stereocenters. The third kappa shape index (κ3) is 8.98. The van der Waals surface area contributed by atoms with Crippen molar-refractivity contribution in [3.8, 4) is 0 Å². The number of hydrogen-bond donors (Lipinski definition) is 3. The van der Waals surface area contributed by atoms with E-state index in [1.165, 1.54) is 43.6 Å².